The minimum absolute atomic E-state index is 0.0281. The molecule has 2 rings (SSSR count). The molecular formula is C14H20BrN3. The maximum atomic E-state index is 6.09. The molecule has 98 valence electrons. The van der Waals surface area contributed by atoms with Gasteiger partial charge in [0.15, 0.2) is 5.96 Å². The zero-order valence-electron chi connectivity index (χ0n) is 11.2. The van der Waals surface area contributed by atoms with Crippen LogP contribution in [0.1, 0.15) is 27.2 Å². The molecule has 3 nitrogen and oxygen atoms in total. The largest absolute Gasteiger partial charge is 0.369 e. The van der Waals surface area contributed by atoms with Gasteiger partial charge < -0.3 is 10.6 Å². The van der Waals surface area contributed by atoms with E-state index in [1.165, 1.54) is 0 Å². The minimum Gasteiger partial charge on any atom is -0.369 e. The summed E-state index contributed by atoms with van der Waals surface area (Å²) < 4.78 is 1.06. The predicted octanol–water partition coefficient (Wildman–Crippen LogP) is 3.39. The lowest BCUT2D eigenvalue weighted by atomic mass is 9.84. The van der Waals surface area contributed by atoms with Crippen molar-refractivity contribution in [3.05, 3.63) is 28.7 Å². The third-order valence-electron chi connectivity index (χ3n) is 4.04. The van der Waals surface area contributed by atoms with E-state index in [0.29, 0.717) is 11.9 Å². The fourth-order valence-electron chi connectivity index (χ4n) is 2.50. The maximum Gasteiger partial charge on any atom is 0.196 e. The molecule has 4 heteroatoms. The molecule has 1 heterocycles. The lowest BCUT2D eigenvalue weighted by Gasteiger charge is -2.40. The number of hydrogen-bond donors (Lipinski definition) is 1. The summed E-state index contributed by atoms with van der Waals surface area (Å²) in [5.41, 5.74) is 7.16. The molecule has 0 fully saturated rings. The highest BCUT2D eigenvalue weighted by Gasteiger charge is 2.42. The van der Waals surface area contributed by atoms with E-state index in [1.54, 1.807) is 0 Å². The molecule has 0 saturated carbocycles. The van der Waals surface area contributed by atoms with Crippen molar-refractivity contribution in [2.45, 2.75) is 32.7 Å². The summed E-state index contributed by atoms with van der Waals surface area (Å²) in [4.78, 5) is 6.62. The topological polar surface area (TPSA) is 41.6 Å². The number of aliphatic imine (C=N–C) groups is 1. The van der Waals surface area contributed by atoms with E-state index in [1.807, 2.05) is 12.1 Å². The Morgan fingerprint density at radius 2 is 2.28 bits per heavy atom. The standard InChI is InChI=1S/C14H20BrN3/c1-4-10(2)14(3)9-17-13(16)18(14)12-7-5-6-11(15)8-12/h5-8,10H,4,9H2,1-3H3,(H2,16,17). The molecule has 0 aliphatic carbocycles. The molecule has 1 aliphatic rings. The first-order valence-corrected chi connectivity index (χ1v) is 7.14. The Labute approximate surface area is 117 Å². The Hall–Kier alpha value is -1.03. The van der Waals surface area contributed by atoms with Crippen LogP contribution in [0.15, 0.2) is 33.7 Å². The van der Waals surface area contributed by atoms with Gasteiger partial charge in [0.25, 0.3) is 0 Å². The highest BCUT2D eigenvalue weighted by Crippen LogP contribution is 2.36. The zero-order chi connectivity index (χ0) is 13.3. The van der Waals surface area contributed by atoms with Gasteiger partial charge in [-0.15, -0.1) is 0 Å². The summed E-state index contributed by atoms with van der Waals surface area (Å²) in [6.07, 6.45) is 1.11. The van der Waals surface area contributed by atoms with Crippen LogP contribution in [0.2, 0.25) is 0 Å². The van der Waals surface area contributed by atoms with Crippen LogP contribution in [-0.4, -0.2) is 18.0 Å². The third-order valence-corrected chi connectivity index (χ3v) is 4.53. The van der Waals surface area contributed by atoms with Crippen molar-refractivity contribution < 1.29 is 0 Å². The van der Waals surface area contributed by atoms with E-state index < -0.39 is 0 Å². The van der Waals surface area contributed by atoms with Crippen LogP contribution in [0.25, 0.3) is 0 Å². The monoisotopic (exact) mass is 309 g/mol. The van der Waals surface area contributed by atoms with Gasteiger partial charge in [-0.25, -0.2) is 0 Å². The van der Waals surface area contributed by atoms with E-state index in [4.69, 9.17) is 5.73 Å². The van der Waals surface area contributed by atoms with Gasteiger partial charge in [0.1, 0.15) is 0 Å². The molecule has 1 aromatic rings. The van der Waals surface area contributed by atoms with Crippen molar-refractivity contribution in [1.29, 1.82) is 0 Å². The molecule has 0 amide bonds. The number of halogens is 1. The van der Waals surface area contributed by atoms with Gasteiger partial charge in [-0.1, -0.05) is 42.3 Å². The molecule has 18 heavy (non-hydrogen) atoms. The summed E-state index contributed by atoms with van der Waals surface area (Å²) in [6, 6.07) is 8.23. The summed E-state index contributed by atoms with van der Waals surface area (Å²) in [6.45, 7) is 7.48. The van der Waals surface area contributed by atoms with Gasteiger partial charge in [-0.05, 0) is 31.0 Å². The highest BCUT2D eigenvalue weighted by atomic mass is 79.9. The van der Waals surface area contributed by atoms with Crippen LogP contribution >= 0.6 is 15.9 Å². The number of hydrogen-bond acceptors (Lipinski definition) is 3. The Bertz CT molecular complexity index is 472. The van der Waals surface area contributed by atoms with Gasteiger partial charge in [0, 0.05) is 10.2 Å². The average Bonchev–Trinajstić information content (AvgIpc) is 2.65. The molecule has 2 N–H and O–H groups in total. The van der Waals surface area contributed by atoms with Crippen molar-refractivity contribution in [2.75, 3.05) is 11.4 Å². The fraction of sp³-hybridized carbons (Fsp3) is 0.500. The maximum absolute atomic E-state index is 6.09. The molecule has 0 aromatic heterocycles. The summed E-state index contributed by atoms with van der Waals surface area (Å²) in [5, 5.41) is 0. The van der Waals surface area contributed by atoms with Gasteiger partial charge in [-0.2, -0.15) is 0 Å². The van der Waals surface area contributed by atoms with Crippen molar-refractivity contribution in [1.82, 2.24) is 0 Å². The van der Waals surface area contributed by atoms with Gasteiger partial charge in [0.2, 0.25) is 0 Å². The van der Waals surface area contributed by atoms with Crippen LogP contribution < -0.4 is 10.6 Å². The molecule has 0 bridgehead atoms. The van der Waals surface area contributed by atoms with Gasteiger partial charge in [0.05, 0.1) is 12.1 Å². The summed E-state index contributed by atoms with van der Waals surface area (Å²) in [7, 11) is 0. The molecule has 2 unspecified atom stereocenters. The molecule has 2 atom stereocenters. The normalized spacial score (nSPS) is 25.1. The Balaban J connectivity index is 2.42. The van der Waals surface area contributed by atoms with Crippen LogP contribution in [0, 0.1) is 5.92 Å². The second-order valence-electron chi connectivity index (χ2n) is 5.16. The molecule has 0 spiro atoms. The van der Waals surface area contributed by atoms with Crippen LogP contribution in [0.3, 0.4) is 0 Å². The van der Waals surface area contributed by atoms with Crippen LogP contribution in [0.5, 0.6) is 0 Å². The summed E-state index contributed by atoms with van der Waals surface area (Å²) >= 11 is 3.51. The van der Waals surface area contributed by atoms with Crippen LogP contribution in [0.4, 0.5) is 5.69 Å². The minimum atomic E-state index is -0.0281. The van der Waals surface area contributed by atoms with Crippen LogP contribution in [-0.2, 0) is 0 Å². The van der Waals surface area contributed by atoms with E-state index >= 15 is 0 Å². The van der Waals surface area contributed by atoms with Gasteiger partial charge >= 0.3 is 0 Å². The van der Waals surface area contributed by atoms with Crippen molar-refractivity contribution in [2.24, 2.45) is 16.6 Å². The van der Waals surface area contributed by atoms with Crippen molar-refractivity contribution in [3.63, 3.8) is 0 Å². The molecule has 1 aromatic carbocycles. The molecule has 1 aliphatic heterocycles. The Morgan fingerprint density at radius 1 is 1.56 bits per heavy atom. The first-order valence-electron chi connectivity index (χ1n) is 6.34. The van der Waals surface area contributed by atoms with E-state index in [-0.39, 0.29) is 5.54 Å². The van der Waals surface area contributed by atoms with E-state index in [9.17, 15) is 0 Å². The number of benzene rings is 1. The predicted molar refractivity (Wildman–Crippen MR) is 81.0 cm³/mol. The quantitative estimate of drug-likeness (QED) is 0.930. The second kappa shape index (κ2) is 4.92. The summed E-state index contributed by atoms with van der Waals surface area (Å²) in [5.74, 6) is 1.15. The number of anilines is 1. The number of nitrogens with zero attached hydrogens (tertiary/aromatic N) is 2. The Kier molecular flexibility index (Phi) is 3.66. The smallest absolute Gasteiger partial charge is 0.196 e. The molecule has 0 radical (unpaired) electrons. The van der Waals surface area contributed by atoms with E-state index in [2.05, 4.69) is 58.7 Å². The fourth-order valence-corrected chi connectivity index (χ4v) is 2.89. The Morgan fingerprint density at radius 3 is 2.89 bits per heavy atom. The third kappa shape index (κ3) is 2.14. The lowest BCUT2D eigenvalue weighted by molar-refractivity contribution is 0.331. The average molecular weight is 310 g/mol. The molecular weight excluding hydrogens is 290 g/mol. The zero-order valence-corrected chi connectivity index (χ0v) is 12.7. The molecule has 0 saturated heterocycles. The van der Waals surface area contributed by atoms with Crippen molar-refractivity contribution in [3.8, 4) is 0 Å². The van der Waals surface area contributed by atoms with E-state index in [0.717, 1.165) is 23.1 Å². The number of nitrogens with two attached hydrogens (primary N) is 1. The first-order chi connectivity index (χ1) is 8.49. The number of rotatable bonds is 3. The second-order valence-corrected chi connectivity index (χ2v) is 6.07. The van der Waals surface area contributed by atoms with Gasteiger partial charge in [-0.3, -0.25) is 4.99 Å². The lowest BCUT2D eigenvalue weighted by Crippen LogP contribution is -2.53. The SMILES string of the molecule is CCC(C)C1(C)CN=C(N)N1c1cccc(Br)c1. The first kappa shape index (κ1) is 13.4. The number of guanidine groups is 1. The van der Waals surface area contributed by atoms with Crippen molar-refractivity contribution >= 4 is 27.6 Å². The highest BCUT2D eigenvalue weighted by molar-refractivity contribution is 9.10.